The molecule has 1 fully saturated rings. The Bertz CT molecular complexity index is 1510. The van der Waals surface area contributed by atoms with Crippen LogP contribution in [0, 0.1) is 0 Å². The first-order valence-corrected chi connectivity index (χ1v) is 15.3. The van der Waals surface area contributed by atoms with E-state index in [0.717, 1.165) is 26.7 Å². The van der Waals surface area contributed by atoms with Crippen LogP contribution in [-0.2, 0) is 32.0 Å². The van der Waals surface area contributed by atoms with Crippen molar-refractivity contribution in [2.45, 2.75) is 31.0 Å². The van der Waals surface area contributed by atoms with E-state index in [0.29, 0.717) is 51.0 Å². The summed E-state index contributed by atoms with van der Waals surface area (Å²) in [6.45, 7) is 2.70. The monoisotopic (exact) mass is 647 g/mol. The van der Waals surface area contributed by atoms with Gasteiger partial charge in [0.25, 0.3) is 5.91 Å². The van der Waals surface area contributed by atoms with Gasteiger partial charge in [0.15, 0.2) is 11.6 Å². The minimum atomic E-state index is -1.34. The number of amides is 2. The van der Waals surface area contributed by atoms with Crippen LogP contribution in [0.4, 0.5) is 0 Å². The number of carbonyl (C=O) groups excluding carboxylic acids is 2. The lowest BCUT2D eigenvalue weighted by atomic mass is 9.81. The summed E-state index contributed by atoms with van der Waals surface area (Å²) in [6, 6.07) is 23.1. The summed E-state index contributed by atoms with van der Waals surface area (Å²) >= 11 is 3.67. The standard InChI is InChI=1S/C33H34BrN3O6/c34-28-9-4-2-6-24(28)20-33-30(43-31(35-33)23-10-12-26(13-11-23)42-17-5-16-38)27-8-3-1-7-25(27)21-37(32(33)40)22-29(39)36-14-18-41-19-15-36/h1-4,6-13,30,38H,5,14-22H2/t30-,33-/m1/s1. The van der Waals surface area contributed by atoms with Gasteiger partial charge in [-0.05, 0) is 41.5 Å². The van der Waals surface area contributed by atoms with Crippen molar-refractivity contribution < 1.29 is 28.9 Å². The number of benzene rings is 3. The molecule has 0 aliphatic carbocycles. The molecule has 3 aromatic carbocycles. The van der Waals surface area contributed by atoms with Crippen LogP contribution in [0.15, 0.2) is 82.3 Å². The molecule has 1 N–H and O–H groups in total. The van der Waals surface area contributed by atoms with E-state index < -0.39 is 11.6 Å². The summed E-state index contributed by atoms with van der Waals surface area (Å²) in [6.07, 6.45) is 0.130. The van der Waals surface area contributed by atoms with Crippen molar-refractivity contribution in [2.24, 2.45) is 4.99 Å². The first kappa shape index (κ1) is 29.3. The number of aliphatic imine (C=N–C) groups is 1. The predicted molar refractivity (Wildman–Crippen MR) is 164 cm³/mol. The number of hydrogen-bond acceptors (Lipinski definition) is 7. The lowest BCUT2D eigenvalue weighted by Gasteiger charge is -2.34. The first-order valence-electron chi connectivity index (χ1n) is 14.6. The van der Waals surface area contributed by atoms with E-state index >= 15 is 0 Å². The third kappa shape index (κ3) is 6.04. The van der Waals surface area contributed by atoms with Gasteiger partial charge in [0, 0.05) is 54.7 Å². The molecule has 2 atom stereocenters. The van der Waals surface area contributed by atoms with E-state index in [4.69, 9.17) is 24.3 Å². The zero-order valence-electron chi connectivity index (χ0n) is 23.8. The number of hydrogen-bond donors (Lipinski definition) is 1. The van der Waals surface area contributed by atoms with Crippen LogP contribution in [-0.4, -0.2) is 84.2 Å². The number of carbonyl (C=O) groups is 2. The summed E-state index contributed by atoms with van der Waals surface area (Å²) in [4.78, 5) is 36.8. The summed E-state index contributed by atoms with van der Waals surface area (Å²) in [5.74, 6) is 0.680. The Kier molecular flexibility index (Phi) is 8.78. The minimum absolute atomic E-state index is 0.0532. The fourth-order valence-electron chi connectivity index (χ4n) is 5.87. The molecular formula is C33H34BrN3O6. The smallest absolute Gasteiger partial charge is 0.256 e. The molecule has 224 valence electrons. The molecule has 3 heterocycles. The Morgan fingerprint density at radius 2 is 1.79 bits per heavy atom. The molecular weight excluding hydrogens is 614 g/mol. The average molecular weight is 649 g/mol. The number of halogens is 1. The van der Waals surface area contributed by atoms with Gasteiger partial charge in [-0.3, -0.25) is 9.59 Å². The maximum Gasteiger partial charge on any atom is 0.256 e. The fourth-order valence-corrected chi connectivity index (χ4v) is 6.29. The second-order valence-electron chi connectivity index (χ2n) is 10.9. The number of aliphatic hydroxyl groups is 1. The SMILES string of the molecule is O=C(CN1Cc2ccccc2[C@H]2OC(c3ccc(OCCCO)cc3)=N[C@@]2(Cc2ccccc2Br)C1=O)N1CCOCC1. The van der Waals surface area contributed by atoms with Gasteiger partial charge < -0.3 is 29.1 Å². The molecule has 0 saturated carbocycles. The highest BCUT2D eigenvalue weighted by Gasteiger charge is 2.57. The third-order valence-electron chi connectivity index (χ3n) is 8.10. The maximum absolute atomic E-state index is 14.8. The van der Waals surface area contributed by atoms with Crippen LogP contribution in [0.2, 0.25) is 0 Å². The van der Waals surface area contributed by atoms with Crippen LogP contribution in [0.3, 0.4) is 0 Å². The van der Waals surface area contributed by atoms with E-state index in [1.54, 1.807) is 9.80 Å². The second kappa shape index (κ2) is 12.9. The summed E-state index contributed by atoms with van der Waals surface area (Å²) < 4.78 is 18.7. The van der Waals surface area contributed by atoms with Crippen molar-refractivity contribution in [1.29, 1.82) is 0 Å². The summed E-state index contributed by atoms with van der Waals surface area (Å²) in [5.41, 5.74) is 2.10. The summed E-state index contributed by atoms with van der Waals surface area (Å²) in [5, 5.41) is 9.05. The zero-order valence-corrected chi connectivity index (χ0v) is 25.4. The van der Waals surface area contributed by atoms with Gasteiger partial charge in [-0.2, -0.15) is 0 Å². The highest BCUT2D eigenvalue weighted by atomic mass is 79.9. The Morgan fingerprint density at radius 1 is 1.05 bits per heavy atom. The number of nitrogens with zero attached hydrogens (tertiary/aromatic N) is 3. The molecule has 0 radical (unpaired) electrons. The van der Waals surface area contributed by atoms with Crippen molar-refractivity contribution >= 4 is 33.6 Å². The van der Waals surface area contributed by atoms with Crippen LogP contribution < -0.4 is 4.74 Å². The van der Waals surface area contributed by atoms with Gasteiger partial charge in [-0.25, -0.2) is 4.99 Å². The molecule has 0 bridgehead atoms. The van der Waals surface area contributed by atoms with Gasteiger partial charge in [-0.1, -0.05) is 58.4 Å². The van der Waals surface area contributed by atoms with Crippen LogP contribution in [0.5, 0.6) is 5.75 Å². The number of aliphatic hydroxyl groups excluding tert-OH is 1. The van der Waals surface area contributed by atoms with Gasteiger partial charge in [-0.15, -0.1) is 0 Å². The van der Waals surface area contributed by atoms with Crippen molar-refractivity contribution in [2.75, 3.05) is 46.1 Å². The van der Waals surface area contributed by atoms with Crippen molar-refractivity contribution in [3.8, 4) is 5.75 Å². The molecule has 10 heteroatoms. The van der Waals surface area contributed by atoms with Gasteiger partial charge in [0.1, 0.15) is 12.3 Å². The molecule has 0 spiro atoms. The summed E-state index contributed by atoms with van der Waals surface area (Å²) in [7, 11) is 0. The molecule has 1 saturated heterocycles. The second-order valence-corrected chi connectivity index (χ2v) is 11.8. The van der Waals surface area contributed by atoms with E-state index in [9.17, 15) is 9.59 Å². The highest BCUT2D eigenvalue weighted by molar-refractivity contribution is 9.10. The first-order chi connectivity index (χ1) is 21.0. The van der Waals surface area contributed by atoms with Crippen molar-refractivity contribution in [3.63, 3.8) is 0 Å². The third-order valence-corrected chi connectivity index (χ3v) is 8.87. The molecule has 2 amide bonds. The lowest BCUT2D eigenvalue weighted by Crippen LogP contribution is -2.53. The molecule has 43 heavy (non-hydrogen) atoms. The quantitative estimate of drug-likeness (QED) is 0.354. The van der Waals surface area contributed by atoms with E-state index in [1.165, 1.54) is 0 Å². The Labute approximate surface area is 259 Å². The topological polar surface area (TPSA) is 101 Å². The van der Waals surface area contributed by atoms with E-state index in [2.05, 4.69) is 15.9 Å². The molecule has 6 rings (SSSR count). The predicted octanol–water partition coefficient (Wildman–Crippen LogP) is 3.91. The minimum Gasteiger partial charge on any atom is -0.494 e. The maximum atomic E-state index is 14.8. The largest absolute Gasteiger partial charge is 0.494 e. The number of fused-ring (bicyclic) bond motifs is 3. The lowest BCUT2D eigenvalue weighted by molar-refractivity contribution is -0.147. The fraction of sp³-hybridized carbons (Fsp3) is 0.364. The zero-order chi connectivity index (χ0) is 29.8. The number of morpholine rings is 1. The normalized spacial score (nSPS) is 21.4. The highest BCUT2D eigenvalue weighted by Crippen LogP contribution is 2.47. The van der Waals surface area contributed by atoms with Gasteiger partial charge >= 0.3 is 0 Å². The Hall–Kier alpha value is -3.73. The molecule has 9 nitrogen and oxygen atoms in total. The van der Waals surface area contributed by atoms with Crippen molar-refractivity contribution in [1.82, 2.24) is 9.80 Å². The molecule has 3 aliphatic heterocycles. The van der Waals surface area contributed by atoms with E-state index in [1.807, 2.05) is 72.8 Å². The van der Waals surface area contributed by atoms with E-state index in [-0.39, 0.29) is 37.9 Å². The van der Waals surface area contributed by atoms with Crippen molar-refractivity contribution in [3.05, 3.63) is 99.5 Å². The van der Waals surface area contributed by atoms with Gasteiger partial charge in [0.2, 0.25) is 11.8 Å². The molecule has 0 aromatic heterocycles. The van der Waals surface area contributed by atoms with Crippen LogP contribution in [0.1, 0.15) is 34.8 Å². The Balaban J connectivity index is 1.41. The number of rotatable bonds is 9. The molecule has 3 aliphatic rings. The average Bonchev–Trinajstić information content (AvgIpc) is 3.39. The van der Waals surface area contributed by atoms with Crippen LogP contribution >= 0.6 is 15.9 Å². The van der Waals surface area contributed by atoms with Gasteiger partial charge in [0.05, 0.1) is 19.8 Å². The molecule has 3 aromatic rings. The van der Waals surface area contributed by atoms with Crippen LogP contribution in [0.25, 0.3) is 0 Å². The Morgan fingerprint density at radius 3 is 2.56 bits per heavy atom. The number of ether oxygens (including phenoxy) is 3. The molecule has 0 unspecified atom stereocenters.